The molecule has 1 aromatic carbocycles. The van der Waals surface area contributed by atoms with E-state index in [-0.39, 0.29) is 5.82 Å². The predicted molar refractivity (Wildman–Crippen MR) is 118 cm³/mol. The molecule has 4 aromatic rings. The van der Waals surface area contributed by atoms with E-state index in [0.717, 1.165) is 59.5 Å². The highest BCUT2D eigenvalue weighted by Gasteiger charge is 2.12. The number of nitrogens with zero attached hydrogens (tertiary/aromatic N) is 4. The molecule has 0 saturated heterocycles. The van der Waals surface area contributed by atoms with E-state index >= 15 is 0 Å². The first kappa shape index (κ1) is 20.3. The Kier molecular flexibility index (Phi) is 5.68. The molecule has 0 atom stereocenters. The number of halogens is 1. The summed E-state index contributed by atoms with van der Waals surface area (Å²) in [4.78, 5) is 4.47. The lowest BCUT2D eigenvalue weighted by Gasteiger charge is -2.12. The summed E-state index contributed by atoms with van der Waals surface area (Å²) in [5.41, 5.74) is 8.77. The maximum absolute atomic E-state index is 14.1. The molecule has 0 bridgehead atoms. The summed E-state index contributed by atoms with van der Waals surface area (Å²) < 4.78 is 18.1. The second kappa shape index (κ2) is 8.40. The Morgan fingerprint density at radius 1 is 1.10 bits per heavy atom. The minimum absolute atomic E-state index is 0.193. The molecule has 0 aliphatic rings. The number of hydrogen-bond acceptors (Lipinski definition) is 3. The number of aromatic nitrogens is 4. The molecule has 3 heterocycles. The Morgan fingerprint density at radius 2 is 1.93 bits per heavy atom. The van der Waals surface area contributed by atoms with Gasteiger partial charge in [0.15, 0.2) is 0 Å². The molecule has 0 unspecified atom stereocenters. The van der Waals surface area contributed by atoms with Gasteiger partial charge in [-0.05, 0) is 86.7 Å². The van der Waals surface area contributed by atoms with E-state index in [0.29, 0.717) is 0 Å². The van der Waals surface area contributed by atoms with E-state index in [2.05, 4.69) is 45.9 Å². The van der Waals surface area contributed by atoms with Gasteiger partial charge < -0.3 is 9.72 Å². The van der Waals surface area contributed by atoms with E-state index in [1.165, 1.54) is 11.3 Å². The minimum Gasteiger partial charge on any atom is -0.314 e. The van der Waals surface area contributed by atoms with Crippen LogP contribution in [0.3, 0.4) is 0 Å². The molecule has 5 nitrogen and oxygen atoms in total. The standard InChI is InChI=1S/C24H28FN5/c1-16-22(17(2)29(4)28-16)7-5-6-18-12-20(25)9-10-23(18)19-8-11-24-27-14-21(13-26-3)30(24)15-19/h8-12,14-15,26H,5-7,13H2,1-4H3. The molecule has 0 amide bonds. The molecule has 4 rings (SSSR count). The van der Waals surface area contributed by atoms with Gasteiger partial charge in [-0.3, -0.25) is 4.68 Å². The van der Waals surface area contributed by atoms with Crippen LogP contribution in [0.15, 0.2) is 42.7 Å². The van der Waals surface area contributed by atoms with Gasteiger partial charge in [-0.2, -0.15) is 5.10 Å². The van der Waals surface area contributed by atoms with Gasteiger partial charge in [-0.1, -0.05) is 6.07 Å². The van der Waals surface area contributed by atoms with Gasteiger partial charge in [0.05, 0.1) is 17.6 Å². The van der Waals surface area contributed by atoms with Crippen LogP contribution in [0.25, 0.3) is 16.8 Å². The Morgan fingerprint density at radius 3 is 2.67 bits per heavy atom. The molecule has 30 heavy (non-hydrogen) atoms. The first-order valence-corrected chi connectivity index (χ1v) is 10.4. The topological polar surface area (TPSA) is 47.2 Å². The fraction of sp³-hybridized carbons (Fsp3) is 0.333. The summed E-state index contributed by atoms with van der Waals surface area (Å²) in [5.74, 6) is -0.193. The number of rotatable bonds is 7. The van der Waals surface area contributed by atoms with Crippen LogP contribution < -0.4 is 5.32 Å². The van der Waals surface area contributed by atoms with Gasteiger partial charge in [-0.15, -0.1) is 0 Å². The highest BCUT2D eigenvalue weighted by Crippen LogP contribution is 2.27. The molecule has 0 spiro atoms. The number of pyridine rings is 1. The average molecular weight is 406 g/mol. The van der Waals surface area contributed by atoms with Crippen molar-refractivity contribution in [1.82, 2.24) is 24.5 Å². The highest BCUT2D eigenvalue weighted by atomic mass is 19.1. The van der Waals surface area contributed by atoms with Crippen LogP contribution in [0.1, 0.15) is 34.6 Å². The minimum atomic E-state index is -0.193. The van der Waals surface area contributed by atoms with Crippen LogP contribution in [0.2, 0.25) is 0 Å². The Labute approximate surface area is 176 Å². The molecule has 3 aromatic heterocycles. The molecule has 0 aliphatic heterocycles. The summed E-state index contributed by atoms with van der Waals surface area (Å²) in [6.45, 7) is 4.90. The molecule has 0 aliphatic carbocycles. The third-order valence-corrected chi connectivity index (χ3v) is 5.85. The fourth-order valence-electron chi connectivity index (χ4n) is 4.19. The van der Waals surface area contributed by atoms with Gasteiger partial charge in [0.2, 0.25) is 0 Å². The lowest BCUT2D eigenvalue weighted by atomic mass is 9.95. The predicted octanol–water partition coefficient (Wildman–Crippen LogP) is 4.39. The average Bonchev–Trinajstić information content (AvgIpc) is 3.23. The zero-order valence-corrected chi connectivity index (χ0v) is 18.0. The maximum atomic E-state index is 14.1. The fourth-order valence-corrected chi connectivity index (χ4v) is 4.19. The van der Waals surface area contributed by atoms with Crippen LogP contribution in [0.4, 0.5) is 4.39 Å². The van der Waals surface area contributed by atoms with Crippen molar-refractivity contribution in [3.05, 3.63) is 76.8 Å². The molecule has 156 valence electrons. The second-order valence-corrected chi connectivity index (χ2v) is 7.85. The number of imidazole rings is 1. The molecule has 0 radical (unpaired) electrons. The van der Waals surface area contributed by atoms with Crippen LogP contribution in [-0.2, 0) is 26.4 Å². The van der Waals surface area contributed by atoms with Crippen molar-refractivity contribution in [2.24, 2.45) is 7.05 Å². The van der Waals surface area contributed by atoms with Gasteiger partial charge in [-0.25, -0.2) is 9.37 Å². The highest BCUT2D eigenvalue weighted by molar-refractivity contribution is 5.68. The van der Waals surface area contributed by atoms with E-state index in [4.69, 9.17) is 0 Å². The van der Waals surface area contributed by atoms with Crippen LogP contribution in [0, 0.1) is 19.7 Å². The van der Waals surface area contributed by atoms with Gasteiger partial charge >= 0.3 is 0 Å². The Bertz CT molecular complexity index is 1190. The van der Waals surface area contributed by atoms with E-state index in [1.807, 2.05) is 37.1 Å². The lowest BCUT2D eigenvalue weighted by Crippen LogP contribution is -2.07. The van der Waals surface area contributed by atoms with Gasteiger partial charge in [0, 0.05) is 25.5 Å². The Hall–Kier alpha value is -2.99. The lowest BCUT2D eigenvalue weighted by molar-refractivity contribution is 0.624. The summed E-state index contributed by atoms with van der Waals surface area (Å²) in [5, 5.41) is 7.68. The van der Waals surface area contributed by atoms with E-state index in [1.54, 1.807) is 12.1 Å². The molecule has 1 N–H and O–H groups in total. The van der Waals surface area contributed by atoms with E-state index < -0.39 is 0 Å². The number of aryl methyl sites for hydroxylation is 3. The summed E-state index contributed by atoms with van der Waals surface area (Å²) in [7, 11) is 3.90. The molecule has 0 fully saturated rings. The van der Waals surface area contributed by atoms with Crippen molar-refractivity contribution >= 4 is 5.65 Å². The first-order valence-electron chi connectivity index (χ1n) is 10.4. The zero-order valence-electron chi connectivity index (χ0n) is 18.0. The molecule has 6 heteroatoms. The largest absolute Gasteiger partial charge is 0.314 e. The number of hydrogen-bond donors (Lipinski definition) is 1. The first-order chi connectivity index (χ1) is 14.5. The maximum Gasteiger partial charge on any atom is 0.136 e. The number of benzene rings is 1. The quantitative estimate of drug-likeness (QED) is 0.496. The SMILES string of the molecule is CNCc1cnc2ccc(-c3ccc(F)cc3CCCc3c(C)nn(C)c3C)cn12. The summed E-state index contributed by atoms with van der Waals surface area (Å²) in [6.07, 6.45) is 6.68. The molecular formula is C24H28FN5. The smallest absolute Gasteiger partial charge is 0.136 e. The monoisotopic (exact) mass is 405 g/mol. The van der Waals surface area contributed by atoms with Crippen molar-refractivity contribution in [1.29, 1.82) is 0 Å². The number of nitrogens with one attached hydrogen (secondary N) is 1. The Balaban J connectivity index is 1.62. The third kappa shape index (κ3) is 3.87. The molecule has 0 saturated carbocycles. The van der Waals surface area contributed by atoms with E-state index in [9.17, 15) is 4.39 Å². The zero-order chi connectivity index (χ0) is 21.3. The van der Waals surface area contributed by atoms with Crippen molar-refractivity contribution in [3.63, 3.8) is 0 Å². The second-order valence-electron chi connectivity index (χ2n) is 7.85. The molecular weight excluding hydrogens is 377 g/mol. The van der Waals surface area contributed by atoms with Crippen LogP contribution in [-0.4, -0.2) is 26.2 Å². The van der Waals surface area contributed by atoms with Crippen molar-refractivity contribution in [3.8, 4) is 11.1 Å². The normalized spacial score (nSPS) is 11.5. The van der Waals surface area contributed by atoms with Crippen LogP contribution >= 0.6 is 0 Å². The summed E-state index contributed by atoms with van der Waals surface area (Å²) >= 11 is 0. The van der Waals surface area contributed by atoms with Crippen molar-refractivity contribution in [2.75, 3.05) is 7.05 Å². The van der Waals surface area contributed by atoms with Crippen molar-refractivity contribution in [2.45, 2.75) is 39.7 Å². The third-order valence-electron chi connectivity index (χ3n) is 5.85. The van der Waals surface area contributed by atoms with Gasteiger partial charge in [0.1, 0.15) is 11.5 Å². The number of fused-ring (bicyclic) bond motifs is 1. The van der Waals surface area contributed by atoms with Crippen LogP contribution in [0.5, 0.6) is 0 Å². The summed E-state index contributed by atoms with van der Waals surface area (Å²) in [6, 6.07) is 9.19. The van der Waals surface area contributed by atoms with Crippen molar-refractivity contribution < 1.29 is 4.39 Å². The van der Waals surface area contributed by atoms with Gasteiger partial charge in [0.25, 0.3) is 0 Å².